The topological polar surface area (TPSA) is 156 Å². The number of H-pyrrole nitrogens is 1. The molecule has 1 aromatic carbocycles. The number of nitrogens with one attached hydrogen (secondary N) is 4. The fourth-order valence-electron chi connectivity index (χ4n) is 1.80. The van der Waals surface area contributed by atoms with Crippen LogP contribution in [0.4, 0.5) is 10.5 Å². The van der Waals surface area contributed by atoms with Crippen molar-refractivity contribution in [3.8, 4) is 17.6 Å². The van der Waals surface area contributed by atoms with Gasteiger partial charge in [0.05, 0.1) is 21.8 Å². The summed E-state index contributed by atoms with van der Waals surface area (Å²) >= 11 is 12.3. The maximum absolute atomic E-state index is 11.5. The molecule has 2 aromatic rings. The number of rotatable bonds is 6. The number of carboxylic acid groups (broad SMARTS) is 1. The number of ether oxygens (including phenoxy) is 1. The fourth-order valence-corrected chi connectivity index (χ4v) is 2.36. The molecule has 0 saturated carbocycles. The average molecular weight is 412 g/mol. The number of halogens is 2. The highest BCUT2D eigenvalue weighted by Gasteiger charge is 2.20. The van der Waals surface area contributed by atoms with Crippen molar-refractivity contribution >= 4 is 40.9 Å². The molecule has 0 aliphatic rings. The SMILES string of the molecule is N#CC(NNc1cc(Cl)c(Oc2ccc(=O)[nH]c2)c(Cl)c1)C(=O)NC(=O)O. The second-order valence-corrected chi connectivity index (χ2v) is 5.70. The van der Waals surface area contributed by atoms with Crippen LogP contribution in [0.5, 0.6) is 11.5 Å². The van der Waals surface area contributed by atoms with Gasteiger partial charge >= 0.3 is 6.09 Å². The summed E-state index contributed by atoms with van der Waals surface area (Å²) in [6.45, 7) is 0. The zero-order valence-corrected chi connectivity index (χ0v) is 14.8. The molecule has 5 N–H and O–H groups in total. The number of anilines is 1. The number of nitrogens with zero attached hydrogens (tertiary/aromatic N) is 1. The Bertz CT molecular complexity index is 928. The Labute approximate surface area is 161 Å². The van der Waals surface area contributed by atoms with Crippen LogP contribution in [0.15, 0.2) is 35.3 Å². The van der Waals surface area contributed by atoms with Crippen LogP contribution in [0.2, 0.25) is 10.0 Å². The summed E-state index contributed by atoms with van der Waals surface area (Å²) < 4.78 is 5.51. The first kappa shape index (κ1) is 20.1. The lowest BCUT2D eigenvalue weighted by molar-refractivity contribution is -0.120. The third-order valence-corrected chi connectivity index (χ3v) is 3.52. The van der Waals surface area contributed by atoms with Crippen LogP contribution in [-0.4, -0.2) is 28.1 Å². The monoisotopic (exact) mass is 411 g/mol. The van der Waals surface area contributed by atoms with E-state index in [4.69, 9.17) is 38.3 Å². The van der Waals surface area contributed by atoms with Gasteiger partial charge in [0.25, 0.3) is 5.91 Å². The van der Waals surface area contributed by atoms with Gasteiger partial charge in [-0.2, -0.15) is 5.26 Å². The summed E-state index contributed by atoms with van der Waals surface area (Å²) in [6, 6.07) is 5.58. The number of aromatic nitrogens is 1. The number of nitriles is 1. The standard InChI is InChI=1S/C15H11Cl2N5O5/c16-9-3-7(21-22-11(5-18)14(24)20-15(25)26)4-10(17)13(9)27-8-1-2-12(23)19-6-8/h1-4,6,11,21-22H,(H,19,23)(H,20,24)(H,25,26). The molecule has 10 nitrogen and oxygen atoms in total. The maximum atomic E-state index is 11.5. The lowest BCUT2D eigenvalue weighted by Crippen LogP contribution is -2.47. The van der Waals surface area contributed by atoms with E-state index in [2.05, 4.69) is 15.8 Å². The van der Waals surface area contributed by atoms with Crippen molar-refractivity contribution in [2.75, 3.05) is 5.43 Å². The quantitative estimate of drug-likeness (QED) is 0.452. The van der Waals surface area contributed by atoms with Crippen molar-refractivity contribution in [3.63, 3.8) is 0 Å². The van der Waals surface area contributed by atoms with Gasteiger partial charge < -0.3 is 20.3 Å². The normalized spacial score (nSPS) is 11.1. The van der Waals surface area contributed by atoms with E-state index in [1.807, 2.05) is 0 Å². The Kier molecular flexibility index (Phi) is 6.62. The van der Waals surface area contributed by atoms with E-state index in [0.29, 0.717) is 5.75 Å². The van der Waals surface area contributed by atoms with Crippen molar-refractivity contribution in [1.29, 1.82) is 5.26 Å². The molecular weight excluding hydrogens is 401 g/mol. The number of hydrazine groups is 1. The molecule has 27 heavy (non-hydrogen) atoms. The van der Waals surface area contributed by atoms with Crippen LogP contribution >= 0.6 is 23.2 Å². The predicted molar refractivity (Wildman–Crippen MR) is 95.9 cm³/mol. The number of imide groups is 1. The predicted octanol–water partition coefficient (Wildman–Crippen LogP) is 2.08. The van der Waals surface area contributed by atoms with Crippen molar-refractivity contribution in [3.05, 3.63) is 50.9 Å². The number of carbonyl (C=O) groups is 2. The minimum atomic E-state index is -1.59. The Hall–Kier alpha value is -3.26. The maximum Gasteiger partial charge on any atom is 0.411 e. The second kappa shape index (κ2) is 8.91. The average Bonchev–Trinajstić information content (AvgIpc) is 2.59. The van der Waals surface area contributed by atoms with Crippen molar-refractivity contribution < 1.29 is 19.4 Å². The number of hydrogen-bond donors (Lipinski definition) is 5. The lowest BCUT2D eigenvalue weighted by Gasteiger charge is -2.15. The molecule has 2 amide bonds. The molecule has 1 heterocycles. The van der Waals surface area contributed by atoms with Crippen LogP contribution in [-0.2, 0) is 4.79 Å². The summed E-state index contributed by atoms with van der Waals surface area (Å²) in [5, 5.41) is 19.2. The van der Waals surface area contributed by atoms with E-state index in [9.17, 15) is 14.4 Å². The summed E-state index contributed by atoms with van der Waals surface area (Å²) in [7, 11) is 0. The highest BCUT2D eigenvalue weighted by atomic mass is 35.5. The zero-order chi connectivity index (χ0) is 20.0. The number of benzene rings is 1. The van der Waals surface area contributed by atoms with Crippen LogP contribution in [0, 0.1) is 11.3 Å². The summed E-state index contributed by atoms with van der Waals surface area (Å²) in [5.41, 5.74) is 4.85. The van der Waals surface area contributed by atoms with E-state index in [1.165, 1.54) is 30.5 Å². The molecule has 140 valence electrons. The van der Waals surface area contributed by atoms with E-state index in [-0.39, 0.29) is 27.0 Å². The Morgan fingerprint density at radius 2 is 1.93 bits per heavy atom. The van der Waals surface area contributed by atoms with Crippen LogP contribution in [0.1, 0.15) is 0 Å². The van der Waals surface area contributed by atoms with Gasteiger partial charge in [-0.05, 0) is 18.2 Å². The minimum absolute atomic E-state index is 0.0986. The first-order chi connectivity index (χ1) is 12.8. The van der Waals surface area contributed by atoms with Crippen molar-refractivity contribution in [2.24, 2.45) is 0 Å². The molecule has 0 saturated heterocycles. The third kappa shape index (κ3) is 5.61. The molecule has 12 heteroatoms. The number of aromatic amines is 1. The second-order valence-electron chi connectivity index (χ2n) is 4.89. The number of hydrogen-bond acceptors (Lipinski definition) is 7. The molecule has 0 radical (unpaired) electrons. The van der Waals surface area contributed by atoms with Crippen LogP contribution in [0.25, 0.3) is 0 Å². The van der Waals surface area contributed by atoms with Gasteiger partial charge in [-0.3, -0.25) is 14.9 Å². The molecule has 1 aromatic heterocycles. The molecule has 1 atom stereocenters. The molecular formula is C15H11Cl2N5O5. The molecule has 2 rings (SSSR count). The van der Waals surface area contributed by atoms with Gasteiger partial charge in [0.1, 0.15) is 5.75 Å². The fraction of sp³-hybridized carbons (Fsp3) is 0.0667. The van der Waals surface area contributed by atoms with Crippen molar-refractivity contribution in [2.45, 2.75) is 6.04 Å². The van der Waals surface area contributed by atoms with E-state index in [1.54, 1.807) is 11.4 Å². The van der Waals surface area contributed by atoms with E-state index in [0.717, 1.165) is 0 Å². The molecule has 0 aliphatic carbocycles. The number of pyridine rings is 1. The summed E-state index contributed by atoms with van der Waals surface area (Å²) in [4.78, 5) is 35.4. The van der Waals surface area contributed by atoms with E-state index < -0.39 is 18.0 Å². The number of amides is 2. The highest BCUT2D eigenvalue weighted by Crippen LogP contribution is 2.38. The molecule has 0 fully saturated rings. The largest absolute Gasteiger partial charge is 0.465 e. The number of carbonyl (C=O) groups excluding carboxylic acids is 1. The highest BCUT2D eigenvalue weighted by molar-refractivity contribution is 6.37. The Balaban J connectivity index is 2.10. The van der Waals surface area contributed by atoms with Crippen molar-refractivity contribution in [1.82, 2.24) is 15.7 Å². The van der Waals surface area contributed by atoms with Gasteiger partial charge in [0.15, 0.2) is 11.8 Å². The smallest absolute Gasteiger partial charge is 0.411 e. The minimum Gasteiger partial charge on any atom is -0.465 e. The first-order valence-electron chi connectivity index (χ1n) is 7.10. The molecule has 0 spiro atoms. The van der Waals surface area contributed by atoms with Gasteiger partial charge in [-0.25, -0.2) is 10.2 Å². The first-order valence-corrected chi connectivity index (χ1v) is 7.86. The van der Waals surface area contributed by atoms with Crippen LogP contribution in [0.3, 0.4) is 0 Å². The Morgan fingerprint density at radius 3 is 2.44 bits per heavy atom. The third-order valence-electron chi connectivity index (χ3n) is 2.96. The molecule has 0 aliphatic heterocycles. The Morgan fingerprint density at radius 1 is 1.26 bits per heavy atom. The van der Waals surface area contributed by atoms with Gasteiger partial charge in [-0.1, -0.05) is 23.2 Å². The summed E-state index contributed by atoms with van der Waals surface area (Å²) in [5.74, 6) is -0.642. The van der Waals surface area contributed by atoms with Crippen LogP contribution < -0.4 is 26.5 Å². The van der Waals surface area contributed by atoms with E-state index >= 15 is 0 Å². The molecule has 0 bridgehead atoms. The zero-order valence-electron chi connectivity index (χ0n) is 13.2. The lowest BCUT2D eigenvalue weighted by atomic mass is 10.3. The van der Waals surface area contributed by atoms with Gasteiger partial charge in [0, 0.05) is 12.3 Å². The summed E-state index contributed by atoms with van der Waals surface area (Å²) in [6.07, 6.45) is -0.252. The molecule has 1 unspecified atom stereocenters. The van der Waals surface area contributed by atoms with Gasteiger partial charge in [0.2, 0.25) is 5.56 Å². The van der Waals surface area contributed by atoms with Gasteiger partial charge in [-0.15, -0.1) is 0 Å².